The third-order valence-corrected chi connectivity index (χ3v) is 5.71. The van der Waals surface area contributed by atoms with Crippen molar-refractivity contribution in [1.29, 1.82) is 5.26 Å². The van der Waals surface area contributed by atoms with Crippen molar-refractivity contribution in [1.82, 2.24) is 5.32 Å². The van der Waals surface area contributed by atoms with E-state index < -0.39 is 12.1 Å². The Bertz CT molecular complexity index is 692. The van der Waals surface area contributed by atoms with Gasteiger partial charge in [0, 0.05) is 6.04 Å². The third-order valence-electron chi connectivity index (χ3n) is 5.71. The van der Waals surface area contributed by atoms with Gasteiger partial charge < -0.3 is 10.1 Å². The monoisotopic (exact) mass is 340 g/mol. The Morgan fingerprint density at radius 3 is 2.48 bits per heavy atom. The molecule has 2 bridgehead atoms. The molecule has 5 nitrogen and oxygen atoms in total. The number of hydrogen-bond donors (Lipinski definition) is 1. The fraction of sp³-hybridized carbons (Fsp3) is 0.550. The number of benzene rings is 1. The molecule has 5 heteroatoms. The van der Waals surface area contributed by atoms with Crippen LogP contribution in [0.5, 0.6) is 0 Å². The van der Waals surface area contributed by atoms with Crippen molar-refractivity contribution in [3.8, 4) is 6.07 Å². The van der Waals surface area contributed by atoms with E-state index in [0.29, 0.717) is 17.0 Å². The predicted molar refractivity (Wildman–Crippen MR) is 92.6 cm³/mol. The highest BCUT2D eigenvalue weighted by molar-refractivity contribution is 5.92. The van der Waals surface area contributed by atoms with Crippen molar-refractivity contribution < 1.29 is 14.3 Å². The molecule has 25 heavy (non-hydrogen) atoms. The van der Waals surface area contributed by atoms with E-state index in [-0.39, 0.29) is 11.9 Å². The smallest absolute Gasteiger partial charge is 0.338 e. The Kier molecular flexibility index (Phi) is 5.08. The Labute approximate surface area is 148 Å². The minimum Gasteiger partial charge on any atom is -0.449 e. The van der Waals surface area contributed by atoms with Crippen LogP contribution in [0, 0.1) is 29.1 Å². The molecule has 0 aromatic heterocycles. The number of hydrogen-bond acceptors (Lipinski definition) is 4. The summed E-state index contributed by atoms with van der Waals surface area (Å²) >= 11 is 0. The summed E-state index contributed by atoms with van der Waals surface area (Å²) in [6.45, 7) is 3.64. The number of ether oxygens (including phenoxy) is 1. The van der Waals surface area contributed by atoms with E-state index in [2.05, 4.69) is 12.2 Å². The number of amides is 1. The molecule has 0 unspecified atom stereocenters. The maximum absolute atomic E-state index is 12.4. The van der Waals surface area contributed by atoms with Gasteiger partial charge >= 0.3 is 5.97 Å². The highest BCUT2D eigenvalue weighted by Crippen LogP contribution is 2.49. The van der Waals surface area contributed by atoms with E-state index >= 15 is 0 Å². The normalized spacial score (nSPS) is 26.5. The van der Waals surface area contributed by atoms with Crippen LogP contribution in [0.25, 0.3) is 0 Å². The zero-order chi connectivity index (χ0) is 18.0. The fourth-order valence-electron chi connectivity index (χ4n) is 4.32. The van der Waals surface area contributed by atoms with Gasteiger partial charge in [-0.15, -0.1) is 0 Å². The molecule has 2 aliphatic rings. The van der Waals surface area contributed by atoms with Gasteiger partial charge in [-0.2, -0.15) is 5.26 Å². The van der Waals surface area contributed by atoms with Crippen molar-refractivity contribution in [2.45, 2.75) is 51.7 Å². The third kappa shape index (κ3) is 3.84. The molecule has 0 heterocycles. The van der Waals surface area contributed by atoms with Crippen LogP contribution in [0.2, 0.25) is 0 Å². The topological polar surface area (TPSA) is 79.2 Å². The molecule has 3 rings (SSSR count). The summed E-state index contributed by atoms with van der Waals surface area (Å²) in [5, 5.41) is 11.8. The van der Waals surface area contributed by atoms with Gasteiger partial charge in [0.1, 0.15) is 0 Å². The zero-order valence-corrected chi connectivity index (χ0v) is 14.7. The first-order valence-corrected chi connectivity index (χ1v) is 8.99. The molecule has 0 radical (unpaired) electrons. The molecule has 1 N–H and O–H groups in total. The molecular formula is C20H24N2O3. The molecule has 0 aliphatic heterocycles. The number of carbonyl (C=O) groups is 2. The van der Waals surface area contributed by atoms with E-state index in [4.69, 9.17) is 10.00 Å². The van der Waals surface area contributed by atoms with Crippen LogP contribution in [0.15, 0.2) is 24.3 Å². The summed E-state index contributed by atoms with van der Waals surface area (Å²) in [7, 11) is 0. The lowest BCUT2D eigenvalue weighted by molar-refractivity contribution is -0.130. The Hall–Kier alpha value is -2.35. The largest absolute Gasteiger partial charge is 0.449 e. The van der Waals surface area contributed by atoms with Crippen LogP contribution < -0.4 is 5.32 Å². The maximum atomic E-state index is 12.4. The fourth-order valence-corrected chi connectivity index (χ4v) is 4.32. The number of esters is 1. The quantitative estimate of drug-likeness (QED) is 0.836. The van der Waals surface area contributed by atoms with Crippen molar-refractivity contribution in [2.75, 3.05) is 0 Å². The maximum Gasteiger partial charge on any atom is 0.338 e. The molecule has 2 fully saturated rings. The number of nitrogens with zero attached hydrogens (tertiary/aromatic N) is 1. The minimum absolute atomic E-state index is 0.110. The Morgan fingerprint density at radius 2 is 1.92 bits per heavy atom. The van der Waals surface area contributed by atoms with Gasteiger partial charge in [-0.25, -0.2) is 4.79 Å². The first-order chi connectivity index (χ1) is 12.0. The summed E-state index contributed by atoms with van der Waals surface area (Å²) in [4.78, 5) is 24.5. The summed E-state index contributed by atoms with van der Waals surface area (Å²) in [5.41, 5.74) is 0.807. The second kappa shape index (κ2) is 7.26. The Balaban J connectivity index is 1.51. The lowest BCUT2D eigenvalue weighted by atomic mass is 9.84. The van der Waals surface area contributed by atoms with E-state index in [1.165, 1.54) is 37.8 Å². The first-order valence-electron chi connectivity index (χ1n) is 8.99. The van der Waals surface area contributed by atoms with Gasteiger partial charge in [0.2, 0.25) is 0 Å². The molecular weight excluding hydrogens is 316 g/mol. The van der Waals surface area contributed by atoms with Crippen LogP contribution in [0.3, 0.4) is 0 Å². The highest BCUT2D eigenvalue weighted by atomic mass is 16.5. The highest BCUT2D eigenvalue weighted by Gasteiger charge is 2.42. The number of nitrogens with one attached hydrogen (secondary N) is 1. The molecule has 5 atom stereocenters. The molecule has 1 aromatic rings. The molecule has 1 amide bonds. The molecule has 0 spiro atoms. The lowest BCUT2D eigenvalue weighted by Crippen LogP contribution is -2.45. The standard InChI is InChI=1S/C20H24N2O3/c1-12(18-10-15-5-8-17(18)9-15)22-19(23)13(2)25-20(24)16-6-3-14(11-21)4-7-16/h3-4,6-7,12-13,15,17-18H,5,8-10H2,1-2H3,(H,22,23)/t12-,13-,15-,17-,18+/m0/s1. The molecule has 132 valence electrons. The van der Waals surface area contributed by atoms with E-state index in [0.717, 1.165) is 11.8 Å². The van der Waals surface area contributed by atoms with Crippen LogP contribution in [-0.4, -0.2) is 24.0 Å². The zero-order valence-electron chi connectivity index (χ0n) is 14.7. The van der Waals surface area contributed by atoms with Crippen molar-refractivity contribution in [2.24, 2.45) is 17.8 Å². The van der Waals surface area contributed by atoms with Gasteiger partial charge in [-0.3, -0.25) is 4.79 Å². The summed E-state index contributed by atoms with van der Waals surface area (Å²) in [6.07, 6.45) is 4.27. The molecule has 2 aliphatic carbocycles. The van der Waals surface area contributed by atoms with E-state index in [1.54, 1.807) is 19.1 Å². The summed E-state index contributed by atoms with van der Waals surface area (Å²) in [5.74, 6) is 1.30. The van der Waals surface area contributed by atoms with E-state index in [1.807, 2.05) is 6.07 Å². The number of carbonyl (C=O) groups excluding carboxylic acids is 2. The molecule has 0 saturated heterocycles. The minimum atomic E-state index is -0.843. The summed E-state index contributed by atoms with van der Waals surface area (Å²) < 4.78 is 5.26. The number of fused-ring (bicyclic) bond motifs is 2. The molecule has 1 aromatic carbocycles. The average Bonchev–Trinajstić information content (AvgIpc) is 3.25. The SMILES string of the molecule is C[C@H](OC(=O)c1ccc(C#N)cc1)C(=O)N[C@@H](C)[C@H]1C[C@H]2CC[C@H]1C2. The van der Waals surface area contributed by atoms with Gasteiger partial charge in [0.25, 0.3) is 5.91 Å². The summed E-state index contributed by atoms with van der Waals surface area (Å²) in [6, 6.07) is 8.28. The van der Waals surface area contributed by atoms with Gasteiger partial charge in [0.15, 0.2) is 6.10 Å². The Morgan fingerprint density at radius 1 is 1.20 bits per heavy atom. The number of nitriles is 1. The lowest BCUT2D eigenvalue weighted by Gasteiger charge is -2.29. The van der Waals surface area contributed by atoms with Crippen molar-refractivity contribution >= 4 is 11.9 Å². The van der Waals surface area contributed by atoms with Gasteiger partial charge in [-0.1, -0.05) is 6.42 Å². The van der Waals surface area contributed by atoms with Gasteiger partial charge in [-0.05, 0) is 75.1 Å². The van der Waals surface area contributed by atoms with Crippen LogP contribution in [0.1, 0.15) is 55.5 Å². The average molecular weight is 340 g/mol. The van der Waals surface area contributed by atoms with Crippen LogP contribution in [0.4, 0.5) is 0 Å². The van der Waals surface area contributed by atoms with Crippen LogP contribution in [-0.2, 0) is 9.53 Å². The van der Waals surface area contributed by atoms with Crippen LogP contribution >= 0.6 is 0 Å². The predicted octanol–water partition coefficient (Wildman–Crippen LogP) is 3.04. The van der Waals surface area contributed by atoms with Gasteiger partial charge in [0.05, 0.1) is 17.2 Å². The first kappa shape index (κ1) is 17.5. The van der Waals surface area contributed by atoms with Crippen molar-refractivity contribution in [3.63, 3.8) is 0 Å². The second-order valence-electron chi connectivity index (χ2n) is 7.37. The molecule has 2 saturated carbocycles. The van der Waals surface area contributed by atoms with E-state index in [9.17, 15) is 9.59 Å². The van der Waals surface area contributed by atoms with Crippen molar-refractivity contribution in [3.05, 3.63) is 35.4 Å². The second-order valence-corrected chi connectivity index (χ2v) is 7.37. The number of rotatable bonds is 5.